The van der Waals surface area contributed by atoms with Gasteiger partial charge in [0.2, 0.25) is 0 Å². The SMILES string of the molecule is C[C@H](NCc1nn(C)c2ccccc12)c1cccc(Cl)c1. The van der Waals surface area contributed by atoms with E-state index >= 15 is 0 Å². The van der Waals surface area contributed by atoms with Crippen molar-refractivity contribution in [2.45, 2.75) is 19.5 Å². The van der Waals surface area contributed by atoms with Crippen molar-refractivity contribution in [3.63, 3.8) is 0 Å². The molecule has 0 saturated heterocycles. The minimum Gasteiger partial charge on any atom is -0.304 e. The van der Waals surface area contributed by atoms with Crippen LogP contribution in [-0.2, 0) is 13.6 Å². The number of aromatic nitrogens is 2. The second-order valence-corrected chi connectivity index (χ2v) is 5.68. The van der Waals surface area contributed by atoms with Crippen molar-refractivity contribution in [2.75, 3.05) is 0 Å². The van der Waals surface area contributed by atoms with Gasteiger partial charge < -0.3 is 5.32 Å². The van der Waals surface area contributed by atoms with Crippen LogP contribution in [0.5, 0.6) is 0 Å². The van der Waals surface area contributed by atoms with Crippen molar-refractivity contribution in [2.24, 2.45) is 7.05 Å². The first-order chi connectivity index (χ1) is 10.1. The maximum atomic E-state index is 6.04. The summed E-state index contributed by atoms with van der Waals surface area (Å²) in [6, 6.07) is 16.5. The monoisotopic (exact) mass is 299 g/mol. The molecule has 0 aliphatic heterocycles. The summed E-state index contributed by atoms with van der Waals surface area (Å²) in [7, 11) is 1.98. The van der Waals surface area contributed by atoms with Crippen LogP contribution in [0.1, 0.15) is 24.2 Å². The molecule has 108 valence electrons. The van der Waals surface area contributed by atoms with Crippen molar-refractivity contribution >= 4 is 22.5 Å². The summed E-state index contributed by atoms with van der Waals surface area (Å²) >= 11 is 6.04. The normalized spacial score (nSPS) is 12.7. The molecule has 1 aromatic heterocycles. The predicted molar refractivity (Wildman–Crippen MR) is 87.4 cm³/mol. The van der Waals surface area contributed by atoms with E-state index < -0.39 is 0 Å². The third kappa shape index (κ3) is 2.94. The van der Waals surface area contributed by atoms with E-state index in [9.17, 15) is 0 Å². The fraction of sp³-hybridized carbons (Fsp3) is 0.235. The van der Waals surface area contributed by atoms with E-state index in [-0.39, 0.29) is 6.04 Å². The number of nitrogens with zero attached hydrogens (tertiary/aromatic N) is 2. The topological polar surface area (TPSA) is 29.9 Å². The van der Waals surface area contributed by atoms with E-state index in [1.165, 1.54) is 10.9 Å². The Morgan fingerprint density at radius 3 is 2.81 bits per heavy atom. The van der Waals surface area contributed by atoms with Gasteiger partial charge in [-0.1, -0.05) is 41.9 Å². The van der Waals surface area contributed by atoms with Gasteiger partial charge in [-0.15, -0.1) is 0 Å². The van der Waals surface area contributed by atoms with Crippen molar-refractivity contribution in [3.8, 4) is 0 Å². The molecule has 0 saturated carbocycles. The minimum atomic E-state index is 0.226. The number of halogens is 1. The lowest BCUT2D eigenvalue weighted by Gasteiger charge is -2.13. The van der Waals surface area contributed by atoms with Crippen molar-refractivity contribution < 1.29 is 0 Å². The summed E-state index contributed by atoms with van der Waals surface area (Å²) in [5.41, 5.74) is 3.41. The summed E-state index contributed by atoms with van der Waals surface area (Å²) in [5.74, 6) is 0. The molecule has 0 aliphatic rings. The molecule has 0 unspecified atom stereocenters. The predicted octanol–water partition coefficient (Wildman–Crippen LogP) is 4.08. The number of aryl methyl sites for hydroxylation is 1. The van der Waals surface area contributed by atoms with Gasteiger partial charge in [0.15, 0.2) is 0 Å². The standard InChI is InChI=1S/C17H18ClN3/c1-12(13-6-5-7-14(18)10-13)19-11-16-15-8-3-4-9-17(15)21(2)20-16/h3-10,12,19H,11H2,1-2H3/t12-/m0/s1. The molecule has 2 aromatic carbocycles. The smallest absolute Gasteiger partial charge is 0.0841 e. The molecule has 4 heteroatoms. The first-order valence-corrected chi connectivity index (χ1v) is 7.42. The van der Waals surface area contributed by atoms with Crippen LogP contribution < -0.4 is 5.32 Å². The average Bonchev–Trinajstić information content (AvgIpc) is 2.82. The molecule has 0 fully saturated rings. The molecule has 1 atom stereocenters. The van der Waals surface area contributed by atoms with Crippen LogP contribution in [0.3, 0.4) is 0 Å². The summed E-state index contributed by atoms with van der Waals surface area (Å²) in [5, 5.41) is 10.1. The maximum absolute atomic E-state index is 6.04. The van der Waals surface area contributed by atoms with Crippen molar-refractivity contribution in [1.29, 1.82) is 0 Å². The molecule has 0 bridgehead atoms. The van der Waals surface area contributed by atoms with Gasteiger partial charge in [0, 0.05) is 30.0 Å². The highest BCUT2D eigenvalue weighted by Gasteiger charge is 2.10. The third-order valence-corrected chi connectivity index (χ3v) is 3.99. The lowest BCUT2D eigenvalue weighted by atomic mass is 10.1. The summed E-state index contributed by atoms with van der Waals surface area (Å²) < 4.78 is 1.93. The Labute approximate surface area is 129 Å². The molecule has 3 rings (SSSR count). The van der Waals surface area contributed by atoms with Gasteiger partial charge in [0.25, 0.3) is 0 Å². The Morgan fingerprint density at radius 1 is 1.19 bits per heavy atom. The Morgan fingerprint density at radius 2 is 2.00 bits per heavy atom. The number of nitrogens with one attached hydrogen (secondary N) is 1. The van der Waals surface area contributed by atoms with Gasteiger partial charge in [-0.25, -0.2) is 0 Å². The second kappa shape index (κ2) is 5.88. The second-order valence-electron chi connectivity index (χ2n) is 5.25. The van der Waals surface area contributed by atoms with Crippen molar-refractivity contribution in [3.05, 3.63) is 64.8 Å². The quantitative estimate of drug-likeness (QED) is 0.787. The van der Waals surface area contributed by atoms with Crippen LogP contribution in [0.2, 0.25) is 5.02 Å². The largest absolute Gasteiger partial charge is 0.304 e. The van der Waals surface area contributed by atoms with E-state index in [0.717, 1.165) is 22.8 Å². The van der Waals surface area contributed by atoms with Crippen LogP contribution >= 0.6 is 11.6 Å². The molecular formula is C17H18ClN3. The highest BCUT2D eigenvalue weighted by atomic mass is 35.5. The Balaban J connectivity index is 1.77. The van der Waals surface area contributed by atoms with Crippen LogP contribution in [0.15, 0.2) is 48.5 Å². The Hall–Kier alpha value is -1.84. The zero-order valence-corrected chi connectivity index (χ0v) is 12.9. The Kier molecular flexibility index (Phi) is 3.95. The molecule has 0 spiro atoms. The maximum Gasteiger partial charge on any atom is 0.0841 e. The number of hydrogen-bond acceptors (Lipinski definition) is 2. The van der Waals surface area contributed by atoms with E-state index in [1.807, 2.05) is 42.1 Å². The zero-order valence-electron chi connectivity index (χ0n) is 12.2. The van der Waals surface area contributed by atoms with Crippen LogP contribution in [0, 0.1) is 0 Å². The fourth-order valence-electron chi connectivity index (χ4n) is 2.56. The van der Waals surface area contributed by atoms with Crippen LogP contribution in [-0.4, -0.2) is 9.78 Å². The van der Waals surface area contributed by atoms with Gasteiger partial charge in [-0.2, -0.15) is 5.10 Å². The van der Waals surface area contributed by atoms with E-state index in [0.29, 0.717) is 0 Å². The van der Waals surface area contributed by atoms with Crippen LogP contribution in [0.25, 0.3) is 10.9 Å². The highest BCUT2D eigenvalue weighted by Crippen LogP contribution is 2.20. The number of rotatable bonds is 4. The number of para-hydroxylation sites is 1. The first kappa shape index (κ1) is 14.1. The molecule has 21 heavy (non-hydrogen) atoms. The number of fused-ring (bicyclic) bond motifs is 1. The van der Waals surface area contributed by atoms with Crippen molar-refractivity contribution in [1.82, 2.24) is 15.1 Å². The molecule has 1 heterocycles. The summed E-state index contributed by atoms with van der Waals surface area (Å²) in [6.45, 7) is 2.87. The van der Waals surface area contributed by atoms with Gasteiger partial charge in [0.1, 0.15) is 0 Å². The number of benzene rings is 2. The molecule has 1 N–H and O–H groups in total. The van der Waals surface area contributed by atoms with E-state index in [1.54, 1.807) is 0 Å². The average molecular weight is 300 g/mol. The molecule has 3 aromatic rings. The third-order valence-electron chi connectivity index (χ3n) is 3.76. The fourth-order valence-corrected chi connectivity index (χ4v) is 2.76. The highest BCUT2D eigenvalue weighted by molar-refractivity contribution is 6.30. The van der Waals surface area contributed by atoms with Gasteiger partial charge in [0.05, 0.1) is 11.2 Å². The minimum absolute atomic E-state index is 0.226. The lowest BCUT2D eigenvalue weighted by molar-refractivity contribution is 0.564. The zero-order chi connectivity index (χ0) is 14.8. The van der Waals surface area contributed by atoms with Gasteiger partial charge >= 0.3 is 0 Å². The molecule has 0 amide bonds. The van der Waals surface area contributed by atoms with E-state index in [4.69, 9.17) is 11.6 Å². The molecule has 0 aliphatic carbocycles. The Bertz CT molecular complexity index is 764. The van der Waals surface area contributed by atoms with Gasteiger partial charge in [-0.3, -0.25) is 4.68 Å². The number of hydrogen-bond donors (Lipinski definition) is 1. The first-order valence-electron chi connectivity index (χ1n) is 7.04. The summed E-state index contributed by atoms with van der Waals surface area (Å²) in [6.07, 6.45) is 0. The molecule has 3 nitrogen and oxygen atoms in total. The van der Waals surface area contributed by atoms with E-state index in [2.05, 4.69) is 35.5 Å². The molecule has 0 radical (unpaired) electrons. The van der Waals surface area contributed by atoms with Gasteiger partial charge in [-0.05, 0) is 30.7 Å². The molecular weight excluding hydrogens is 282 g/mol. The summed E-state index contributed by atoms with van der Waals surface area (Å²) in [4.78, 5) is 0. The lowest BCUT2D eigenvalue weighted by Crippen LogP contribution is -2.18. The van der Waals surface area contributed by atoms with Crippen LogP contribution in [0.4, 0.5) is 0 Å².